The second-order valence-electron chi connectivity index (χ2n) is 4.95. The van der Waals surface area contributed by atoms with Gasteiger partial charge in [-0.2, -0.15) is 0 Å². The zero-order valence-corrected chi connectivity index (χ0v) is 14.2. The summed E-state index contributed by atoms with van der Waals surface area (Å²) in [5.74, 6) is 0.575. The third kappa shape index (κ3) is 4.04. The summed E-state index contributed by atoms with van der Waals surface area (Å²) >= 11 is 0. The van der Waals surface area contributed by atoms with Crippen LogP contribution in [-0.2, 0) is 0 Å². The number of rotatable bonds is 6. The molecule has 26 heavy (non-hydrogen) atoms. The van der Waals surface area contributed by atoms with Crippen LogP contribution in [0, 0.1) is 10.1 Å². The third-order valence-electron chi connectivity index (χ3n) is 3.35. The monoisotopic (exact) mass is 363 g/mol. The standard InChI is InChI=1S/C16H17N3O7/c1-24-13-7-10(8-14(25-2)15(13)26-3)18-16(21)17-9-4-5-12(20)11(6-9)19(22)23/h4-8,20H,1-3H3,(H2,17,18,21). The molecular formula is C16H17N3O7. The summed E-state index contributed by atoms with van der Waals surface area (Å²) in [7, 11) is 4.34. The summed E-state index contributed by atoms with van der Waals surface area (Å²) < 4.78 is 15.6. The molecule has 0 fully saturated rings. The first-order chi connectivity index (χ1) is 12.4. The van der Waals surface area contributed by atoms with E-state index in [2.05, 4.69) is 10.6 Å². The van der Waals surface area contributed by atoms with Gasteiger partial charge in [-0.1, -0.05) is 0 Å². The molecule has 3 N–H and O–H groups in total. The van der Waals surface area contributed by atoms with Crippen molar-refractivity contribution in [2.75, 3.05) is 32.0 Å². The Bertz CT molecular complexity index is 814. The summed E-state index contributed by atoms with van der Waals surface area (Å²) in [5.41, 5.74) is -0.0275. The first-order valence-corrected chi connectivity index (χ1v) is 7.25. The van der Waals surface area contributed by atoms with Gasteiger partial charge in [0.15, 0.2) is 17.2 Å². The Hall–Kier alpha value is -3.69. The van der Waals surface area contributed by atoms with Crippen LogP contribution in [0.15, 0.2) is 30.3 Å². The average Bonchev–Trinajstić information content (AvgIpc) is 2.62. The molecular weight excluding hydrogens is 346 g/mol. The number of nitrogens with zero attached hydrogens (tertiary/aromatic N) is 1. The highest BCUT2D eigenvalue weighted by atomic mass is 16.6. The first-order valence-electron chi connectivity index (χ1n) is 7.25. The number of methoxy groups -OCH3 is 3. The van der Waals surface area contributed by atoms with Crippen LogP contribution in [0.5, 0.6) is 23.0 Å². The van der Waals surface area contributed by atoms with E-state index < -0.39 is 22.4 Å². The van der Waals surface area contributed by atoms with Gasteiger partial charge in [0.25, 0.3) is 0 Å². The molecule has 10 heteroatoms. The molecule has 2 aromatic carbocycles. The van der Waals surface area contributed by atoms with E-state index in [0.29, 0.717) is 22.9 Å². The predicted molar refractivity (Wildman–Crippen MR) is 93.5 cm³/mol. The highest BCUT2D eigenvalue weighted by molar-refractivity contribution is 6.00. The Morgan fingerprint density at radius 2 is 1.58 bits per heavy atom. The first kappa shape index (κ1) is 18.6. The molecule has 0 heterocycles. The summed E-state index contributed by atoms with van der Waals surface area (Å²) in [6.07, 6.45) is 0. The minimum Gasteiger partial charge on any atom is -0.502 e. The molecule has 0 radical (unpaired) electrons. The fourth-order valence-electron chi connectivity index (χ4n) is 2.19. The van der Waals surface area contributed by atoms with E-state index >= 15 is 0 Å². The van der Waals surface area contributed by atoms with Crippen LogP contribution in [0.2, 0.25) is 0 Å². The minimum atomic E-state index is -0.752. The molecule has 138 valence electrons. The molecule has 0 bridgehead atoms. The summed E-state index contributed by atoms with van der Waals surface area (Å²) in [5, 5.41) is 25.3. The van der Waals surface area contributed by atoms with Gasteiger partial charge < -0.3 is 30.0 Å². The number of ether oxygens (including phenoxy) is 3. The Balaban J connectivity index is 2.20. The van der Waals surface area contributed by atoms with E-state index in [1.54, 1.807) is 0 Å². The number of benzene rings is 2. The van der Waals surface area contributed by atoms with Gasteiger partial charge in [0.2, 0.25) is 5.75 Å². The van der Waals surface area contributed by atoms with Crippen molar-refractivity contribution in [3.8, 4) is 23.0 Å². The number of aromatic hydroxyl groups is 1. The van der Waals surface area contributed by atoms with E-state index in [1.807, 2.05) is 0 Å². The maximum absolute atomic E-state index is 12.1. The normalized spacial score (nSPS) is 9.96. The van der Waals surface area contributed by atoms with Crippen molar-refractivity contribution in [3.63, 3.8) is 0 Å². The number of phenols is 1. The molecule has 0 aliphatic rings. The lowest BCUT2D eigenvalue weighted by Crippen LogP contribution is -2.19. The van der Waals surface area contributed by atoms with Gasteiger partial charge in [-0.3, -0.25) is 10.1 Å². The van der Waals surface area contributed by atoms with Gasteiger partial charge in [0.1, 0.15) is 0 Å². The van der Waals surface area contributed by atoms with E-state index in [4.69, 9.17) is 14.2 Å². The molecule has 0 aliphatic carbocycles. The van der Waals surface area contributed by atoms with E-state index in [0.717, 1.165) is 12.1 Å². The number of carbonyl (C=O) groups is 1. The van der Waals surface area contributed by atoms with Crippen LogP contribution < -0.4 is 24.8 Å². The number of hydrogen-bond acceptors (Lipinski definition) is 7. The van der Waals surface area contributed by atoms with Crippen molar-refractivity contribution in [2.45, 2.75) is 0 Å². The van der Waals surface area contributed by atoms with Crippen molar-refractivity contribution >= 4 is 23.1 Å². The molecule has 0 unspecified atom stereocenters. The van der Waals surface area contributed by atoms with Crippen LogP contribution >= 0.6 is 0 Å². The smallest absolute Gasteiger partial charge is 0.323 e. The zero-order valence-electron chi connectivity index (χ0n) is 14.2. The van der Waals surface area contributed by atoms with Crippen LogP contribution in [0.1, 0.15) is 0 Å². The number of anilines is 2. The Morgan fingerprint density at radius 1 is 1.00 bits per heavy atom. The maximum Gasteiger partial charge on any atom is 0.323 e. The van der Waals surface area contributed by atoms with E-state index in [9.17, 15) is 20.0 Å². The number of nitro groups is 1. The van der Waals surface area contributed by atoms with E-state index in [-0.39, 0.29) is 5.69 Å². The largest absolute Gasteiger partial charge is 0.502 e. The number of phenolic OH excluding ortho intramolecular Hbond substituents is 1. The minimum absolute atomic E-state index is 0.138. The average molecular weight is 363 g/mol. The molecule has 0 saturated carbocycles. The molecule has 0 atom stereocenters. The van der Waals surface area contributed by atoms with Crippen molar-refractivity contribution in [1.29, 1.82) is 0 Å². The molecule has 0 aromatic heterocycles. The number of carbonyl (C=O) groups excluding carboxylic acids is 1. The third-order valence-corrected chi connectivity index (χ3v) is 3.35. The van der Waals surface area contributed by atoms with Crippen LogP contribution in [0.4, 0.5) is 21.9 Å². The van der Waals surface area contributed by atoms with Gasteiger partial charge in [0, 0.05) is 23.9 Å². The van der Waals surface area contributed by atoms with E-state index in [1.165, 1.54) is 39.5 Å². The number of nitro benzene ring substituents is 1. The van der Waals surface area contributed by atoms with Gasteiger partial charge in [-0.25, -0.2) is 4.79 Å². The SMILES string of the molecule is COc1cc(NC(=O)Nc2ccc(O)c([N+](=O)[O-])c2)cc(OC)c1OC. The fourth-order valence-corrected chi connectivity index (χ4v) is 2.19. The summed E-state index contributed by atoms with van der Waals surface area (Å²) in [6.45, 7) is 0. The number of amides is 2. The van der Waals surface area contributed by atoms with Crippen LogP contribution in [-0.4, -0.2) is 37.4 Å². The number of hydrogen-bond donors (Lipinski definition) is 3. The second-order valence-corrected chi connectivity index (χ2v) is 4.95. The molecule has 0 spiro atoms. The molecule has 2 amide bonds. The fraction of sp³-hybridized carbons (Fsp3) is 0.188. The lowest BCUT2D eigenvalue weighted by atomic mass is 10.2. The predicted octanol–water partition coefficient (Wildman–Crippen LogP) is 2.97. The molecule has 0 saturated heterocycles. The maximum atomic E-state index is 12.1. The summed E-state index contributed by atoms with van der Waals surface area (Å²) in [6, 6.07) is 5.90. The highest BCUT2D eigenvalue weighted by Crippen LogP contribution is 2.40. The highest BCUT2D eigenvalue weighted by Gasteiger charge is 2.16. The van der Waals surface area contributed by atoms with Gasteiger partial charge in [0.05, 0.1) is 31.9 Å². The molecule has 10 nitrogen and oxygen atoms in total. The Labute approximate surface area is 148 Å². The van der Waals surface area contributed by atoms with Crippen molar-refractivity contribution in [2.24, 2.45) is 0 Å². The lowest BCUT2D eigenvalue weighted by Gasteiger charge is -2.15. The van der Waals surface area contributed by atoms with Gasteiger partial charge >= 0.3 is 11.7 Å². The lowest BCUT2D eigenvalue weighted by molar-refractivity contribution is -0.385. The van der Waals surface area contributed by atoms with Crippen molar-refractivity contribution in [3.05, 3.63) is 40.4 Å². The molecule has 2 aromatic rings. The van der Waals surface area contributed by atoms with Gasteiger partial charge in [-0.05, 0) is 12.1 Å². The molecule has 2 rings (SSSR count). The Kier molecular flexibility index (Phi) is 5.68. The van der Waals surface area contributed by atoms with Crippen LogP contribution in [0.3, 0.4) is 0 Å². The van der Waals surface area contributed by atoms with Crippen LogP contribution in [0.25, 0.3) is 0 Å². The van der Waals surface area contributed by atoms with Crippen molar-refractivity contribution < 1.29 is 29.0 Å². The number of urea groups is 1. The zero-order chi connectivity index (χ0) is 19.3. The Morgan fingerprint density at radius 3 is 2.08 bits per heavy atom. The van der Waals surface area contributed by atoms with Crippen molar-refractivity contribution in [1.82, 2.24) is 0 Å². The quantitative estimate of drug-likeness (QED) is 0.408. The molecule has 0 aliphatic heterocycles. The second kappa shape index (κ2) is 7.92. The number of nitrogens with one attached hydrogen (secondary N) is 2. The van der Waals surface area contributed by atoms with Gasteiger partial charge in [-0.15, -0.1) is 0 Å². The summed E-state index contributed by atoms with van der Waals surface area (Å²) in [4.78, 5) is 22.2. The topological polar surface area (TPSA) is 132 Å².